The quantitative estimate of drug-likeness (QED) is 0.588. The lowest BCUT2D eigenvalue weighted by atomic mass is 10.2. The topological polar surface area (TPSA) is 63.3 Å². The molecule has 1 heterocycles. The summed E-state index contributed by atoms with van der Waals surface area (Å²) in [5.74, 6) is 1.06. The summed E-state index contributed by atoms with van der Waals surface area (Å²) in [4.78, 5) is 12.5. The number of anilines is 1. The first-order valence-corrected chi connectivity index (χ1v) is 10.2. The second-order valence-electron chi connectivity index (χ2n) is 6.93. The molecule has 0 aromatic heterocycles. The molecule has 2 aromatic rings. The number of ether oxygens (including phenoxy) is 3. The molecule has 7 heteroatoms. The minimum Gasteiger partial charge on any atom is -0.491 e. The summed E-state index contributed by atoms with van der Waals surface area (Å²) >= 11 is 0. The molecular weight excluding hydrogens is 394 g/mol. The fourth-order valence-electron chi connectivity index (χ4n) is 3.19. The van der Waals surface area contributed by atoms with Gasteiger partial charge >= 0.3 is 0 Å². The number of hydrogen-bond acceptors (Lipinski definition) is 6. The number of hydrazine groups is 1. The first kappa shape index (κ1) is 22.2. The molecule has 0 unspecified atom stereocenters. The molecule has 0 fully saturated rings. The van der Waals surface area contributed by atoms with Crippen molar-refractivity contribution in [3.63, 3.8) is 0 Å². The summed E-state index contributed by atoms with van der Waals surface area (Å²) < 4.78 is 16.4. The van der Waals surface area contributed by atoms with Crippen LogP contribution in [0.25, 0.3) is 0 Å². The summed E-state index contributed by atoms with van der Waals surface area (Å²) in [6, 6.07) is 17.0. The fraction of sp³-hybridized carbons (Fsp3) is 0.292. The van der Waals surface area contributed by atoms with Crippen molar-refractivity contribution in [3.05, 3.63) is 78.3 Å². The first-order chi connectivity index (χ1) is 15.0. The molecule has 1 amide bonds. The van der Waals surface area contributed by atoms with Crippen molar-refractivity contribution >= 4 is 11.6 Å². The highest BCUT2D eigenvalue weighted by molar-refractivity contribution is 5.81. The van der Waals surface area contributed by atoms with Crippen LogP contribution in [0.2, 0.25) is 0 Å². The van der Waals surface area contributed by atoms with E-state index in [9.17, 15) is 4.79 Å². The van der Waals surface area contributed by atoms with Gasteiger partial charge in [0.15, 0.2) is 6.61 Å². The monoisotopic (exact) mass is 423 g/mol. The van der Waals surface area contributed by atoms with Gasteiger partial charge in [-0.2, -0.15) is 0 Å². The molecule has 1 N–H and O–H groups in total. The molecule has 3 rings (SSSR count). The van der Waals surface area contributed by atoms with Crippen LogP contribution >= 0.6 is 0 Å². The third kappa shape index (κ3) is 5.58. The van der Waals surface area contributed by atoms with Crippen molar-refractivity contribution in [1.29, 1.82) is 0 Å². The molecular formula is C24H29N3O4. The predicted molar refractivity (Wildman–Crippen MR) is 121 cm³/mol. The van der Waals surface area contributed by atoms with Gasteiger partial charge in [-0.25, -0.2) is 0 Å². The molecule has 0 spiro atoms. The number of para-hydroxylation sites is 1. The SMILES string of the molecule is C=C1C(NC(=O)COc2ccc(OCCOCC)cc2)=C(C)N(C)N1c1ccccc1. The van der Waals surface area contributed by atoms with Gasteiger partial charge in [0.05, 0.1) is 29.4 Å². The Bertz CT molecular complexity index is 926. The number of rotatable bonds is 10. The van der Waals surface area contributed by atoms with Gasteiger partial charge in [0.1, 0.15) is 18.1 Å². The highest BCUT2D eigenvalue weighted by Gasteiger charge is 2.30. The van der Waals surface area contributed by atoms with E-state index in [1.54, 1.807) is 24.3 Å². The number of hydrogen-bond donors (Lipinski definition) is 1. The van der Waals surface area contributed by atoms with Gasteiger partial charge in [-0.3, -0.25) is 14.8 Å². The predicted octanol–water partition coefficient (Wildman–Crippen LogP) is 3.71. The maximum absolute atomic E-state index is 12.5. The van der Waals surface area contributed by atoms with E-state index in [4.69, 9.17) is 14.2 Å². The molecule has 1 aliphatic heterocycles. The molecule has 0 saturated heterocycles. The molecule has 0 atom stereocenters. The second kappa shape index (κ2) is 10.5. The van der Waals surface area contributed by atoms with E-state index in [-0.39, 0.29) is 12.5 Å². The lowest BCUT2D eigenvalue weighted by Gasteiger charge is -2.29. The molecule has 0 bridgehead atoms. The lowest BCUT2D eigenvalue weighted by molar-refractivity contribution is -0.122. The lowest BCUT2D eigenvalue weighted by Crippen LogP contribution is -2.33. The van der Waals surface area contributed by atoms with E-state index in [0.29, 0.717) is 37.0 Å². The van der Waals surface area contributed by atoms with Gasteiger partial charge in [0.2, 0.25) is 0 Å². The number of benzene rings is 2. The Balaban J connectivity index is 1.52. The number of amides is 1. The van der Waals surface area contributed by atoms with Crippen molar-refractivity contribution in [2.75, 3.05) is 38.5 Å². The van der Waals surface area contributed by atoms with Crippen LogP contribution in [-0.4, -0.2) is 44.4 Å². The Hall–Kier alpha value is -3.45. The zero-order valence-electron chi connectivity index (χ0n) is 18.3. The Morgan fingerprint density at radius 3 is 2.29 bits per heavy atom. The smallest absolute Gasteiger partial charge is 0.262 e. The number of carbonyl (C=O) groups is 1. The number of carbonyl (C=O) groups excluding carboxylic acids is 1. The van der Waals surface area contributed by atoms with Gasteiger partial charge in [-0.1, -0.05) is 24.8 Å². The van der Waals surface area contributed by atoms with E-state index in [1.807, 2.05) is 61.2 Å². The summed E-state index contributed by atoms with van der Waals surface area (Å²) in [6.45, 7) is 9.64. The van der Waals surface area contributed by atoms with E-state index < -0.39 is 0 Å². The van der Waals surface area contributed by atoms with Crippen LogP contribution < -0.4 is 19.8 Å². The third-order valence-corrected chi connectivity index (χ3v) is 4.85. The standard InChI is InChI=1S/C24H29N3O4/c1-5-29-15-16-30-21-11-13-22(14-12-21)31-17-23(28)25-24-18(2)26(4)27(19(24)3)20-9-7-6-8-10-20/h6-14H,3,5,15-17H2,1-2,4H3,(H,25,28). The fourth-order valence-corrected chi connectivity index (χ4v) is 3.19. The summed E-state index contributed by atoms with van der Waals surface area (Å²) in [7, 11) is 1.93. The van der Waals surface area contributed by atoms with Crippen LogP contribution in [0.5, 0.6) is 11.5 Å². The van der Waals surface area contributed by atoms with Gasteiger partial charge in [-0.05, 0) is 50.2 Å². The van der Waals surface area contributed by atoms with Crippen molar-refractivity contribution in [2.24, 2.45) is 0 Å². The molecule has 164 valence electrons. The molecule has 0 saturated carbocycles. The van der Waals surface area contributed by atoms with Crippen LogP contribution in [0, 0.1) is 0 Å². The van der Waals surface area contributed by atoms with Crippen molar-refractivity contribution in [2.45, 2.75) is 13.8 Å². The van der Waals surface area contributed by atoms with Crippen LogP contribution in [0.3, 0.4) is 0 Å². The van der Waals surface area contributed by atoms with Crippen molar-refractivity contribution in [3.8, 4) is 11.5 Å². The molecule has 0 radical (unpaired) electrons. The number of allylic oxidation sites excluding steroid dienone is 1. The van der Waals surface area contributed by atoms with Crippen LogP contribution in [-0.2, 0) is 9.53 Å². The second-order valence-corrected chi connectivity index (χ2v) is 6.93. The minimum atomic E-state index is -0.254. The van der Waals surface area contributed by atoms with Crippen LogP contribution in [0.1, 0.15) is 13.8 Å². The Labute approximate surface area is 183 Å². The zero-order chi connectivity index (χ0) is 22.2. The Morgan fingerprint density at radius 1 is 1.00 bits per heavy atom. The molecule has 7 nitrogen and oxygen atoms in total. The highest BCUT2D eigenvalue weighted by Crippen LogP contribution is 2.33. The molecule has 0 aliphatic carbocycles. The van der Waals surface area contributed by atoms with E-state index in [2.05, 4.69) is 11.9 Å². The average Bonchev–Trinajstić information content (AvgIpc) is 3.00. The normalized spacial score (nSPS) is 13.6. The van der Waals surface area contributed by atoms with Crippen molar-refractivity contribution in [1.82, 2.24) is 10.3 Å². The van der Waals surface area contributed by atoms with Gasteiger partial charge < -0.3 is 19.5 Å². The zero-order valence-corrected chi connectivity index (χ0v) is 18.3. The van der Waals surface area contributed by atoms with Gasteiger partial charge in [0, 0.05) is 13.7 Å². The van der Waals surface area contributed by atoms with Gasteiger partial charge in [-0.15, -0.1) is 0 Å². The molecule has 2 aromatic carbocycles. The maximum Gasteiger partial charge on any atom is 0.262 e. The Kier molecular flexibility index (Phi) is 7.56. The first-order valence-electron chi connectivity index (χ1n) is 10.2. The Morgan fingerprint density at radius 2 is 1.65 bits per heavy atom. The van der Waals surface area contributed by atoms with Crippen LogP contribution in [0.15, 0.2) is 78.3 Å². The summed E-state index contributed by atoms with van der Waals surface area (Å²) in [5, 5.41) is 6.84. The largest absolute Gasteiger partial charge is 0.491 e. The molecule has 1 aliphatic rings. The third-order valence-electron chi connectivity index (χ3n) is 4.85. The molecule has 31 heavy (non-hydrogen) atoms. The van der Waals surface area contributed by atoms with Crippen LogP contribution in [0.4, 0.5) is 5.69 Å². The summed E-state index contributed by atoms with van der Waals surface area (Å²) in [5.41, 5.74) is 3.25. The van der Waals surface area contributed by atoms with E-state index in [0.717, 1.165) is 17.1 Å². The minimum absolute atomic E-state index is 0.107. The van der Waals surface area contributed by atoms with Crippen molar-refractivity contribution < 1.29 is 19.0 Å². The number of nitrogens with zero attached hydrogens (tertiary/aromatic N) is 2. The summed E-state index contributed by atoms with van der Waals surface area (Å²) in [6.07, 6.45) is 0. The van der Waals surface area contributed by atoms with E-state index >= 15 is 0 Å². The maximum atomic E-state index is 12.5. The average molecular weight is 424 g/mol. The van der Waals surface area contributed by atoms with E-state index in [1.165, 1.54) is 0 Å². The highest BCUT2D eigenvalue weighted by atomic mass is 16.5. The number of nitrogens with one attached hydrogen (secondary N) is 1. The van der Waals surface area contributed by atoms with Gasteiger partial charge in [0.25, 0.3) is 5.91 Å².